The fraction of sp³-hybridized carbons (Fsp3) is 0. The van der Waals surface area contributed by atoms with Crippen LogP contribution in [0.25, 0.3) is 0 Å². The maximum Gasteiger partial charge on any atom is 0.328 e. The maximum atomic E-state index is 10.6. The molecule has 9 heteroatoms. The van der Waals surface area contributed by atoms with Crippen LogP contribution in [-0.2, 0) is 0 Å². The van der Waals surface area contributed by atoms with Crippen molar-refractivity contribution >= 4 is 5.69 Å². The number of aromatic hydroxyl groups is 1. The molecular formula is C4H7N3O6. The van der Waals surface area contributed by atoms with Gasteiger partial charge in [0.15, 0.2) is 0 Å². The third-order valence-electron chi connectivity index (χ3n) is 0.990. The summed E-state index contributed by atoms with van der Waals surface area (Å²) < 4.78 is 0. The van der Waals surface area contributed by atoms with Gasteiger partial charge in [-0.05, 0) is 5.18 Å². The number of H-pyrrole nitrogens is 2. The average molecular weight is 193 g/mol. The van der Waals surface area contributed by atoms with E-state index in [1.807, 2.05) is 0 Å². The molecular weight excluding hydrogens is 186 g/mol. The Kier molecular flexibility index (Phi) is 5.01. The Morgan fingerprint density at radius 2 is 1.69 bits per heavy atom. The van der Waals surface area contributed by atoms with E-state index in [2.05, 4.69) is 5.18 Å². The Bertz CT molecular complexity index is 392. The minimum absolute atomic E-state index is 0. The number of rotatable bonds is 1. The van der Waals surface area contributed by atoms with Gasteiger partial charge < -0.3 is 16.1 Å². The van der Waals surface area contributed by atoms with Crippen molar-refractivity contribution < 1.29 is 16.1 Å². The molecule has 74 valence electrons. The molecule has 1 aromatic rings. The molecule has 7 N–H and O–H groups in total. The highest BCUT2D eigenvalue weighted by atomic mass is 16.3. The second-order valence-corrected chi connectivity index (χ2v) is 1.70. The lowest BCUT2D eigenvalue weighted by Gasteiger charge is -1.90. The van der Waals surface area contributed by atoms with E-state index in [1.54, 1.807) is 9.97 Å². The van der Waals surface area contributed by atoms with Gasteiger partial charge >= 0.3 is 5.69 Å². The lowest BCUT2D eigenvalue weighted by Crippen LogP contribution is -2.20. The first-order valence-electron chi connectivity index (χ1n) is 2.54. The zero-order valence-corrected chi connectivity index (χ0v) is 6.12. The Balaban J connectivity index is 0. The predicted octanol–water partition coefficient (Wildman–Crippen LogP) is -2.48. The smallest absolute Gasteiger partial charge is 0.328 e. The van der Waals surface area contributed by atoms with Crippen LogP contribution in [-0.4, -0.2) is 26.0 Å². The SMILES string of the molecule is O.O.O=Nc1c(O)[nH]c(=O)[nH]c1=O. The van der Waals surface area contributed by atoms with E-state index in [9.17, 15) is 14.5 Å². The molecule has 0 bridgehead atoms. The van der Waals surface area contributed by atoms with Crippen LogP contribution in [0.4, 0.5) is 5.69 Å². The van der Waals surface area contributed by atoms with E-state index in [0.717, 1.165) is 0 Å². The van der Waals surface area contributed by atoms with Crippen LogP contribution < -0.4 is 11.2 Å². The summed E-state index contributed by atoms with van der Waals surface area (Å²) >= 11 is 0. The van der Waals surface area contributed by atoms with Gasteiger partial charge in [-0.1, -0.05) is 0 Å². The van der Waals surface area contributed by atoms with Gasteiger partial charge in [0.05, 0.1) is 0 Å². The maximum absolute atomic E-state index is 10.6. The highest BCUT2D eigenvalue weighted by Gasteiger charge is 2.06. The van der Waals surface area contributed by atoms with E-state index in [4.69, 9.17) is 5.11 Å². The van der Waals surface area contributed by atoms with Gasteiger partial charge in [-0.3, -0.25) is 14.8 Å². The van der Waals surface area contributed by atoms with Crippen molar-refractivity contribution in [1.29, 1.82) is 0 Å². The molecule has 0 saturated heterocycles. The number of hydrogen-bond donors (Lipinski definition) is 3. The summed E-state index contributed by atoms with van der Waals surface area (Å²) in [5.74, 6) is -0.825. The Labute approximate surface area is 69.6 Å². The number of nitroso groups, excluding NO2 is 1. The second kappa shape index (κ2) is 4.79. The summed E-state index contributed by atoms with van der Waals surface area (Å²) in [4.78, 5) is 34.2. The molecule has 0 saturated carbocycles. The van der Waals surface area contributed by atoms with Gasteiger partial charge in [-0.25, -0.2) is 4.79 Å². The molecule has 0 aliphatic rings. The van der Waals surface area contributed by atoms with Crippen LogP contribution in [0.2, 0.25) is 0 Å². The van der Waals surface area contributed by atoms with Crippen molar-refractivity contribution in [2.24, 2.45) is 5.18 Å². The fourth-order valence-corrected chi connectivity index (χ4v) is 0.553. The molecule has 0 spiro atoms. The summed E-state index contributed by atoms with van der Waals surface area (Å²) in [5.41, 5.74) is -2.63. The van der Waals surface area contributed by atoms with Crippen LogP contribution in [0.5, 0.6) is 5.88 Å². The van der Waals surface area contributed by atoms with Crippen LogP contribution >= 0.6 is 0 Å². The normalized spacial score (nSPS) is 8.00. The van der Waals surface area contributed by atoms with E-state index >= 15 is 0 Å². The van der Waals surface area contributed by atoms with Gasteiger partial charge in [0, 0.05) is 0 Å². The number of hydrogen-bond acceptors (Lipinski definition) is 5. The molecule has 9 nitrogen and oxygen atoms in total. The molecule has 0 amide bonds. The van der Waals surface area contributed by atoms with Crippen molar-refractivity contribution in [2.45, 2.75) is 0 Å². The fourth-order valence-electron chi connectivity index (χ4n) is 0.553. The molecule has 0 aromatic carbocycles. The number of nitrogens with one attached hydrogen (secondary N) is 2. The quantitative estimate of drug-likeness (QED) is 0.418. The third-order valence-corrected chi connectivity index (χ3v) is 0.990. The molecule has 0 atom stereocenters. The molecule has 0 aliphatic heterocycles. The zero-order valence-electron chi connectivity index (χ0n) is 6.12. The first kappa shape index (κ1) is 13.6. The van der Waals surface area contributed by atoms with Gasteiger partial charge in [0.2, 0.25) is 11.6 Å². The number of aromatic nitrogens is 2. The highest BCUT2D eigenvalue weighted by molar-refractivity contribution is 5.42. The van der Waals surface area contributed by atoms with Crippen molar-refractivity contribution in [2.75, 3.05) is 0 Å². The Morgan fingerprint density at radius 3 is 2.08 bits per heavy atom. The molecule has 1 heterocycles. The van der Waals surface area contributed by atoms with Crippen molar-refractivity contribution in [1.82, 2.24) is 9.97 Å². The minimum atomic E-state index is -1.01. The van der Waals surface area contributed by atoms with E-state index in [0.29, 0.717) is 0 Å². The molecule has 1 rings (SSSR count). The minimum Gasteiger partial charge on any atom is -0.493 e. The average Bonchev–Trinajstić information content (AvgIpc) is 1.85. The van der Waals surface area contributed by atoms with Gasteiger partial charge in [-0.2, -0.15) is 0 Å². The first-order valence-corrected chi connectivity index (χ1v) is 2.54. The molecule has 0 radical (unpaired) electrons. The van der Waals surface area contributed by atoms with E-state index in [-0.39, 0.29) is 11.0 Å². The summed E-state index contributed by atoms with van der Waals surface area (Å²) in [6.07, 6.45) is 0. The van der Waals surface area contributed by atoms with E-state index < -0.39 is 22.8 Å². The standard InChI is InChI=1S/C4H3N3O4.2H2O/c8-2-1(7-11)3(9)6-4(10)5-2;;/h(H3,5,6,8,9,10);2*1H2. The third kappa shape index (κ3) is 2.50. The second-order valence-electron chi connectivity index (χ2n) is 1.70. The summed E-state index contributed by atoms with van der Waals surface area (Å²) in [7, 11) is 0. The van der Waals surface area contributed by atoms with Crippen molar-refractivity contribution in [3.8, 4) is 5.88 Å². The molecule has 13 heavy (non-hydrogen) atoms. The van der Waals surface area contributed by atoms with Gasteiger partial charge in [0.25, 0.3) is 5.56 Å². The number of aromatic amines is 2. The summed E-state index contributed by atoms with van der Waals surface area (Å²) in [6, 6.07) is 0. The monoisotopic (exact) mass is 193 g/mol. The lowest BCUT2D eigenvalue weighted by molar-refractivity contribution is 0.450. The number of nitrogens with zero attached hydrogens (tertiary/aromatic N) is 1. The first-order chi connectivity index (χ1) is 5.15. The molecule has 1 aromatic heterocycles. The summed E-state index contributed by atoms with van der Waals surface area (Å²) in [6.45, 7) is 0. The van der Waals surface area contributed by atoms with Gasteiger partial charge in [-0.15, -0.1) is 4.91 Å². The highest BCUT2D eigenvalue weighted by Crippen LogP contribution is 2.13. The molecule has 0 unspecified atom stereocenters. The van der Waals surface area contributed by atoms with Crippen LogP contribution in [0.1, 0.15) is 0 Å². The Morgan fingerprint density at radius 1 is 1.15 bits per heavy atom. The Hall–Kier alpha value is -2.00. The van der Waals surface area contributed by atoms with Gasteiger partial charge in [0.1, 0.15) is 0 Å². The largest absolute Gasteiger partial charge is 0.493 e. The lowest BCUT2D eigenvalue weighted by atomic mass is 10.5. The predicted molar refractivity (Wildman–Crippen MR) is 42.0 cm³/mol. The molecule has 0 aliphatic carbocycles. The molecule has 0 fully saturated rings. The van der Waals surface area contributed by atoms with Crippen molar-refractivity contribution in [3.63, 3.8) is 0 Å². The topological polar surface area (TPSA) is 178 Å². The van der Waals surface area contributed by atoms with E-state index in [1.165, 1.54) is 0 Å². The zero-order chi connectivity index (χ0) is 8.43. The van der Waals surface area contributed by atoms with Crippen LogP contribution in [0.3, 0.4) is 0 Å². The van der Waals surface area contributed by atoms with Crippen molar-refractivity contribution in [3.05, 3.63) is 25.7 Å². The van der Waals surface area contributed by atoms with Crippen LogP contribution in [0, 0.1) is 4.91 Å². The van der Waals surface area contributed by atoms with Crippen LogP contribution in [0.15, 0.2) is 14.8 Å². The summed E-state index contributed by atoms with van der Waals surface area (Å²) in [5, 5.41) is 10.9.